The van der Waals surface area contributed by atoms with E-state index in [-0.39, 0.29) is 11.2 Å². The Bertz CT molecular complexity index is 1200. The first-order valence-corrected chi connectivity index (χ1v) is 12.5. The van der Waals surface area contributed by atoms with E-state index in [0.29, 0.717) is 29.6 Å². The summed E-state index contributed by atoms with van der Waals surface area (Å²) >= 11 is 0. The third-order valence-electron chi connectivity index (χ3n) is 5.54. The largest absolute Gasteiger partial charge is 0.493 e. The number of rotatable bonds is 9. The summed E-state index contributed by atoms with van der Waals surface area (Å²) in [5.41, 5.74) is -0.218. The first-order valence-electron chi connectivity index (χ1n) is 10.6. The molecule has 1 N–H and O–H groups in total. The summed E-state index contributed by atoms with van der Waals surface area (Å²) < 4.78 is 38.9. The lowest BCUT2D eigenvalue weighted by molar-refractivity contribution is 0.220. The van der Waals surface area contributed by atoms with Gasteiger partial charge in [0.05, 0.1) is 25.7 Å². The first-order chi connectivity index (χ1) is 15.6. The number of anilines is 2. The molecule has 33 heavy (non-hydrogen) atoms. The molecule has 1 saturated heterocycles. The van der Waals surface area contributed by atoms with Crippen LogP contribution in [-0.2, 0) is 24.1 Å². The molecule has 0 saturated carbocycles. The minimum atomic E-state index is -3.37. The van der Waals surface area contributed by atoms with Crippen LogP contribution in [0.25, 0.3) is 0 Å². The number of hydrogen-bond donors (Lipinski definition) is 1. The Morgan fingerprint density at radius 1 is 1.00 bits per heavy atom. The number of nitrogens with zero attached hydrogens (tertiary/aromatic N) is 4. The summed E-state index contributed by atoms with van der Waals surface area (Å²) in [5, 5.41) is 0. The summed E-state index contributed by atoms with van der Waals surface area (Å²) in [6.45, 7) is 4.42. The van der Waals surface area contributed by atoms with Gasteiger partial charge in [-0.1, -0.05) is 0 Å². The zero-order valence-electron chi connectivity index (χ0n) is 19.4. The highest BCUT2D eigenvalue weighted by atomic mass is 32.2. The molecule has 1 aliphatic heterocycles. The van der Waals surface area contributed by atoms with Crippen LogP contribution in [0.1, 0.15) is 6.42 Å². The van der Waals surface area contributed by atoms with E-state index in [1.807, 2.05) is 0 Å². The van der Waals surface area contributed by atoms with Crippen LogP contribution < -0.4 is 30.3 Å². The number of hydrogen-bond acceptors (Lipinski definition) is 8. The van der Waals surface area contributed by atoms with Crippen molar-refractivity contribution in [2.24, 2.45) is 14.1 Å². The molecule has 0 aliphatic carbocycles. The molecule has 0 atom stereocenters. The molecular weight excluding hydrogens is 450 g/mol. The number of aromatic nitrogens is 2. The van der Waals surface area contributed by atoms with Gasteiger partial charge in [-0.3, -0.25) is 23.6 Å². The van der Waals surface area contributed by atoms with Gasteiger partial charge < -0.3 is 14.4 Å². The van der Waals surface area contributed by atoms with Crippen LogP contribution in [0.2, 0.25) is 0 Å². The average Bonchev–Trinajstić information content (AvgIpc) is 2.77. The van der Waals surface area contributed by atoms with Crippen molar-refractivity contribution in [2.45, 2.75) is 6.42 Å². The van der Waals surface area contributed by atoms with Gasteiger partial charge in [0.15, 0.2) is 11.5 Å². The second-order valence-electron chi connectivity index (χ2n) is 8.01. The Balaban J connectivity index is 1.48. The van der Waals surface area contributed by atoms with Gasteiger partial charge in [0.25, 0.3) is 5.56 Å². The normalized spacial score (nSPS) is 14.8. The highest BCUT2D eigenvalue weighted by molar-refractivity contribution is 7.92. The van der Waals surface area contributed by atoms with Gasteiger partial charge in [0.1, 0.15) is 5.82 Å². The van der Waals surface area contributed by atoms with E-state index in [1.165, 1.54) is 24.8 Å². The Labute approximate surface area is 193 Å². The summed E-state index contributed by atoms with van der Waals surface area (Å²) in [6.07, 6.45) is 1.89. The summed E-state index contributed by atoms with van der Waals surface area (Å²) in [6, 6.07) is 6.40. The van der Waals surface area contributed by atoms with E-state index >= 15 is 0 Å². The van der Waals surface area contributed by atoms with Crippen LogP contribution in [-0.4, -0.2) is 75.1 Å². The van der Waals surface area contributed by atoms with Crippen LogP contribution in [0.4, 0.5) is 11.5 Å². The van der Waals surface area contributed by atoms with Crippen molar-refractivity contribution in [1.82, 2.24) is 14.0 Å². The van der Waals surface area contributed by atoms with E-state index in [9.17, 15) is 18.0 Å². The predicted molar refractivity (Wildman–Crippen MR) is 127 cm³/mol. The van der Waals surface area contributed by atoms with Crippen molar-refractivity contribution in [1.29, 1.82) is 0 Å². The molecule has 182 valence electrons. The molecule has 1 aromatic carbocycles. The smallest absolute Gasteiger partial charge is 0.332 e. The monoisotopic (exact) mass is 481 g/mol. The number of benzene rings is 1. The molecule has 0 spiro atoms. The Morgan fingerprint density at radius 2 is 1.70 bits per heavy atom. The standard InChI is InChI=1S/C21H31N5O6S/c1-23-19(15-20(27)24(2)21(23)28)26-11-9-25(10-12-26)8-5-13-32-17-7-6-16(14-18(17)31-3)22-33(4,29)30/h6-7,14-15,22H,5,8-13H2,1-4H3. The fraction of sp³-hybridized carbons (Fsp3) is 0.524. The van der Waals surface area contributed by atoms with Crippen LogP contribution in [0.3, 0.4) is 0 Å². The molecule has 0 bridgehead atoms. The molecule has 12 heteroatoms. The maximum absolute atomic E-state index is 12.2. The molecule has 11 nitrogen and oxygen atoms in total. The van der Waals surface area contributed by atoms with E-state index < -0.39 is 10.0 Å². The second kappa shape index (κ2) is 10.3. The molecular formula is C21H31N5O6S. The minimum absolute atomic E-state index is 0.303. The zero-order chi connectivity index (χ0) is 24.2. The number of nitrogens with one attached hydrogen (secondary N) is 1. The lowest BCUT2D eigenvalue weighted by atomic mass is 10.2. The molecule has 0 radical (unpaired) electrons. The van der Waals surface area contributed by atoms with E-state index in [4.69, 9.17) is 9.47 Å². The first kappa shape index (κ1) is 24.6. The molecule has 1 aliphatic rings. The number of sulfonamides is 1. The van der Waals surface area contributed by atoms with Crippen molar-refractivity contribution >= 4 is 21.5 Å². The lowest BCUT2D eigenvalue weighted by Crippen LogP contribution is -2.49. The van der Waals surface area contributed by atoms with Gasteiger partial charge in [-0.25, -0.2) is 13.2 Å². The van der Waals surface area contributed by atoms with Crippen LogP contribution >= 0.6 is 0 Å². The number of methoxy groups -OCH3 is 1. The van der Waals surface area contributed by atoms with E-state index in [2.05, 4.69) is 14.5 Å². The van der Waals surface area contributed by atoms with Crippen molar-refractivity contribution in [3.8, 4) is 11.5 Å². The minimum Gasteiger partial charge on any atom is -0.493 e. The maximum Gasteiger partial charge on any atom is 0.332 e. The highest BCUT2D eigenvalue weighted by Gasteiger charge is 2.20. The maximum atomic E-state index is 12.2. The van der Waals surface area contributed by atoms with Crippen LogP contribution in [0, 0.1) is 0 Å². The Kier molecular flexibility index (Phi) is 7.69. The number of ether oxygens (including phenoxy) is 2. The second-order valence-corrected chi connectivity index (χ2v) is 9.76. The molecule has 2 aromatic rings. The highest BCUT2D eigenvalue weighted by Crippen LogP contribution is 2.30. The molecule has 2 heterocycles. The van der Waals surface area contributed by atoms with Gasteiger partial charge in [-0.05, 0) is 18.6 Å². The average molecular weight is 482 g/mol. The fourth-order valence-electron chi connectivity index (χ4n) is 3.76. The van der Waals surface area contributed by atoms with Gasteiger partial charge in [0, 0.05) is 59.0 Å². The third kappa shape index (κ3) is 6.29. The predicted octanol–water partition coefficient (Wildman–Crippen LogP) is 0.0552. The van der Waals surface area contributed by atoms with E-state index in [1.54, 1.807) is 25.2 Å². The Morgan fingerprint density at radius 3 is 2.33 bits per heavy atom. The van der Waals surface area contributed by atoms with Gasteiger partial charge in [-0.2, -0.15) is 0 Å². The molecule has 3 rings (SSSR count). The zero-order valence-corrected chi connectivity index (χ0v) is 20.2. The van der Waals surface area contributed by atoms with Gasteiger partial charge >= 0.3 is 5.69 Å². The van der Waals surface area contributed by atoms with Crippen molar-refractivity contribution in [2.75, 3.05) is 62.3 Å². The molecule has 0 unspecified atom stereocenters. The lowest BCUT2D eigenvalue weighted by Gasteiger charge is -2.36. The fourth-order valence-corrected chi connectivity index (χ4v) is 4.32. The van der Waals surface area contributed by atoms with Gasteiger partial charge in [-0.15, -0.1) is 0 Å². The van der Waals surface area contributed by atoms with Crippen molar-refractivity contribution < 1.29 is 17.9 Å². The Hall–Kier alpha value is -2.99. The quantitative estimate of drug-likeness (QED) is 0.500. The third-order valence-corrected chi connectivity index (χ3v) is 6.15. The number of piperazine rings is 1. The molecule has 1 fully saturated rings. The summed E-state index contributed by atoms with van der Waals surface area (Å²) in [7, 11) is 1.29. The van der Waals surface area contributed by atoms with E-state index in [0.717, 1.165) is 50.0 Å². The topological polar surface area (TPSA) is 115 Å². The molecule has 1 aromatic heterocycles. The van der Waals surface area contributed by atoms with Gasteiger partial charge in [0.2, 0.25) is 10.0 Å². The van der Waals surface area contributed by atoms with Crippen LogP contribution in [0.5, 0.6) is 11.5 Å². The van der Waals surface area contributed by atoms with Crippen molar-refractivity contribution in [3.05, 3.63) is 45.1 Å². The molecule has 0 amide bonds. The van der Waals surface area contributed by atoms with Crippen molar-refractivity contribution in [3.63, 3.8) is 0 Å². The summed E-state index contributed by atoms with van der Waals surface area (Å²) in [5.74, 6) is 1.65. The van der Waals surface area contributed by atoms with Crippen LogP contribution in [0.15, 0.2) is 33.9 Å². The SMILES string of the molecule is COc1cc(NS(C)(=O)=O)ccc1OCCCN1CCN(c2cc(=O)n(C)c(=O)n2C)CC1. The summed E-state index contributed by atoms with van der Waals surface area (Å²) in [4.78, 5) is 28.5.